The van der Waals surface area contributed by atoms with Crippen LogP contribution in [0.2, 0.25) is 0 Å². The van der Waals surface area contributed by atoms with E-state index < -0.39 is 29.5 Å². The van der Waals surface area contributed by atoms with Gasteiger partial charge in [0.1, 0.15) is 0 Å². The predicted octanol–water partition coefficient (Wildman–Crippen LogP) is 2.25. The van der Waals surface area contributed by atoms with E-state index in [9.17, 15) is 18.0 Å². The molecule has 0 amide bonds. The molecule has 0 radical (unpaired) electrons. The minimum Gasteiger partial charge on any atom is -0.465 e. The topological polar surface area (TPSA) is 39.2 Å². The number of methoxy groups -OCH3 is 1. The third kappa shape index (κ3) is 2.26. The van der Waals surface area contributed by atoms with Crippen LogP contribution in [0.3, 0.4) is 0 Å². The van der Waals surface area contributed by atoms with E-state index in [1.165, 1.54) is 6.92 Å². The highest BCUT2D eigenvalue weighted by molar-refractivity contribution is 5.91. The Bertz CT molecular complexity index is 393. The summed E-state index contributed by atoms with van der Waals surface area (Å²) in [7, 11) is 1.03. The van der Waals surface area contributed by atoms with Crippen LogP contribution in [-0.4, -0.2) is 18.1 Å². The fourth-order valence-electron chi connectivity index (χ4n) is 1.13. The quantitative estimate of drug-likeness (QED) is 0.565. The van der Waals surface area contributed by atoms with Gasteiger partial charge >= 0.3 is 5.97 Å². The van der Waals surface area contributed by atoms with E-state index in [-0.39, 0.29) is 5.69 Å². The number of alkyl halides is 2. The largest absolute Gasteiger partial charge is 0.465 e. The number of pyridine rings is 1. The second kappa shape index (κ2) is 4.29. The number of aryl methyl sites for hydroxylation is 1. The van der Waals surface area contributed by atoms with Gasteiger partial charge in [0.25, 0.3) is 6.43 Å². The Labute approximate surface area is 83.9 Å². The Morgan fingerprint density at radius 2 is 2.13 bits per heavy atom. The smallest absolute Gasteiger partial charge is 0.338 e. The summed E-state index contributed by atoms with van der Waals surface area (Å²) in [4.78, 5) is 14.3. The van der Waals surface area contributed by atoms with Gasteiger partial charge in [0.15, 0.2) is 0 Å². The van der Waals surface area contributed by atoms with Crippen molar-refractivity contribution < 1.29 is 22.7 Å². The zero-order valence-corrected chi connectivity index (χ0v) is 8.05. The van der Waals surface area contributed by atoms with Gasteiger partial charge in [-0.1, -0.05) is 0 Å². The maximum absolute atomic E-state index is 13.1. The Morgan fingerprint density at radius 1 is 1.53 bits per heavy atom. The number of hydrogen-bond donors (Lipinski definition) is 0. The van der Waals surface area contributed by atoms with Crippen molar-refractivity contribution in [3.8, 4) is 0 Å². The van der Waals surface area contributed by atoms with Crippen LogP contribution in [0.15, 0.2) is 6.07 Å². The molecule has 1 aromatic rings. The number of hydrogen-bond acceptors (Lipinski definition) is 3. The molecule has 0 bridgehead atoms. The highest BCUT2D eigenvalue weighted by atomic mass is 19.3. The van der Waals surface area contributed by atoms with E-state index in [4.69, 9.17) is 0 Å². The summed E-state index contributed by atoms with van der Waals surface area (Å²) in [5, 5.41) is 0. The standard InChI is InChI=1S/C9H8F3NO2/c1-4-3-5(9(14)15-2)6(7(10)11)8(12)13-4/h3,7H,1-2H3. The number of esters is 1. The molecule has 0 saturated carbocycles. The Kier molecular flexibility index (Phi) is 3.28. The molecule has 0 atom stereocenters. The molecule has 1 rings (SSSR count). The van der Waals surface area contributed by atoms with Crippen molar-refractivity contribution in [2.45, 2.75) is 13.3 Å². The van der Waals surface area contributed by atoms with Gasteiger partial charge < -0.3 is 4.74 Å². The normalized spacial score (nSPS) is 10.5. The number of halogens is 3. The molecule has 1 aromatic heterocycles. The van der Waals surface area contributed by atoms with Gasteiger partial charge in [0.2, 0.25) is 5.95 Å². The SMILES string of the molecule is COC(=O)c1cc(C)nc(F)c1C(F)F. The van der Waals surface area contributed by atoms with Gasteiger partial charge in [-0.2, -0.15) is 4.39 Å². The second-order valence-corrected chi connectivity index (χ2v) is 2.81. The van der Waals surface area contributed by atoms with Gasteiger partial charge in [-0.05, 0) is 13.0 Å². The zero-order valence-electron chi connectivity index (χ0n) is 8.05. The molecule has 3 nitrogen and oxygen atoms in total. The molecular formula is C9H8F3NO2. The summed E-state index contributed by atoms with van der Waals surface area (Å²) in [5.41, 5.74) is -1.37. The van der Waals surface area contributed by atoms with Crippen molar-refractivity contribution in [2.24, 2.45) is 0 Å². The lowest BCUT2D eigenvalue weighted by atomic mass is 10.1. The van der Waals surface area contributed by atoms with Gasteiger partial charge in [-0.25, -0.2) is 18.6 Å². The minimum atomic E-state index is -3.10. The van der Waals surface area contributed by atoms with Crippen LogP contribution in [0.5, 0.6) is 0 Å². The third-order valence-corrected chi connectivity index (χ3v) is 1.76. The van der Waals surface area contributed by atoms with Crippen LogP contribution in [0.1, 0.15) is 28.0 Å². The Balaban J connectivity index is 3.40. The van der Waals surface area contributed by atoms with Crippen LogP contribution < -0.4 is 0 Å². The number of carbonyl (C=O) groups is 1. The van der Waals surface area contributed by atoms with E-state index in [0.717, 1.165) is 13.2 Å². The van der Waals surface area contributed by atoms with E-state index in [1.807, 2.05) is 0 Å². The van der Waals surface area contributed by atoms with E-state index in [1.54, 1.807) is 0 Å². The molecular weight excluding hydrogens is 211 g/mol. The maximum Gasteiger partial charge on any atom is 0.338 e. The molecule has 82 valence electrons. The summed E-state index contributed by atoms with van der Waals surface area (Å²) >= 11 is 0. The predicted molar refractivity (Wildman–Crippen MR) is 45.2 cm³/mol. The van der Waals surface area contributed by atoms with Gasteiger partial charge in [-0.15, -0.1) is 0 Å². The van der Waals surface area contributed by atoms with Crippen LogP contribution in [0.25, 0.3) is 0 Å². The highest BCUT2D eigenvalue weighted by Crippen LogP contribution is 2.26. The number of nitrogens with zero attached hydrogens (tertiary/aromatic N) is 1. The fourth-order valence-corrected chi connectivity index (χ4v) is 1.13. The molecule has 0 aliphatic carbocycles. The lowest BCUT2D eigenvalue weighted by molar-refractivity contribution is 0.0586. The lowest BCUT2D eigenvalue weighted by Gasteiger charge is -2.08. The summed E-state index contributed by atoms with van der Waals surface area (Å²) in [6, 6.07) is 1.07. The first-order chi connectivity index (χ1) is 6.97. The van der Waals surface area contributed by atoms with E-state index >= 15 is 0 Å². The van der Waals surface area contributed by atoms with Crippen LogP contribution >= 0.6 is 0 Å². The van der Waals surface area contributed by atoms with Gasteiger partial charge in [0, 0.05) is 5.69 Å². The fraction of sp³-hybridized carbons (Fsp3) is 0.333. The molecule has 0 N–H and O–H groups in total. The van der Waals surface area contributed by atoms with E-state index in [2.05, 4.69) is 9.72 Å². The lowest BCUT2D eigenvalue weighted by Crippen LogP contribution is -2.10. The van der Waals surface area contributed by atoms with Gasteiger partial charge in [-0.3, -0.25) is 0 Å². The van der Waals surface area contributed by atoms with Crippen molar-refractivity contribution >= 4 is 5.97 Å². The summed E-state index contributed by atoms with van der Waals surface area (Å²) in [6.07, 6.45) is -3.10. The molecule has 6 heteroatoms. The molecule has 0 aliphatic heterocycles. The zero-order chi connectivity index (χ0) is 11.6. The average molecular weight is 219 g/mol. The molecule has 0 saturated heterocycles. The first-order valence-corrected chi connectivity index (χ1v) is 4.01. The molecule has 0 aromatic carbocycles. The molecule has 15 heavy (non-hydrogen) atoms. The number of carbonyl (C=O) groups excluding carboxylic acids is 1. The van der Waals surface area contributed by atoms with Crippen LogP contribution in [0, 0.1) is 12.9 Å². The number of ether oxygens (including phenoxy) is 1. The second-order valence-electron chi connectivity index (χ2n) is 2.81. The van der Waals surface area contributed by atoms with E-state index in [0.29, 0.717) is 0 Å². The van der Waals surface area contributed by atoms with Crippen LogP contribution in [-0.2, 0) is 4.74 Å². The highest BCUT2D eigenvalue weighted by Gasteiger charge is 2.24. The van der Waals surface area contributed by atoms with Crippen molar-refractivity contribution in [3.05, 3.63) is 28.8 Å². The van der Waals surface area contributed by atoms with Crippen molar-refractivity contribution in [2.75, 3.05) is 7.11 Å². The minimum absolute atomic E-state index is 0.136. The monoisotopic (exact) mass is 219 g/mol. The van der Waals surface area contributed by atoms with Crippen LogP contribution in [0.4, 0.5) is 13.2 Å². The maximum atomic E-state index is 13.1. The Morgan fingerprint density at radius 3 is 2.60 bits per heavy atom. The summed E-state index contributed by atoms with van der Waals surface area (Å²) in [6.45, 7) is 1.39. The molecule has 0 aliphatic rings. The molecule has 0 spiro atoms. The first-order valence-electron chi connectivity index (χ1n) is 4.01. The molecule has 0 unspecified atom stereocenters. The first kappa shape index (κ1) is 11.5. The Hall–Kier alpha value is -1.59. The average Bonchev–Trinajstić information content (AvgIpc) is 2.14. The summed E-state index contributed by atoms with van der Waals surface area (Å²) < 4.78 is 42.2. The molecule has 0 fully saturated rings. The number of aromatic nitrogens is 1. The van der Waals surface area contributed by atoms with Crippen molar-refractivity contribution in [1.82, 2.24) is 4.98 Å². The third-order valence-electron chi connectivity index (χ3n) is 1.76. The summed E-state index contributed by atoms with van der Waals surface area (Å²) in [5.74, 6) is -2.35. The number of rotatable bonds is 2. The van der Waals surface area contributed by atoms with Gasteiger partial charge in [0.05, 0.1) is 18.2 Å². The van der Waals surface area contributed by atoms with Crippen molar-refractivity contribution in [3.63, 3.8) is 0 Å². The van der Waals surface area contributed by atoms with Crippen molar-refractivity contribution in [1.29, 1.82) is 0 Å². The molecule has 1 heterocycles.